The molecule has 0 aliphatic heterocycles. The third-order valence-corrected chi connectivity index (χ3v) is 2.44. The SMILES string of the molecule is CC(O)CNCc1ccc(C(N)=O)cc1Cl. The van der Waals surface area contributed by atoms with Crippen LogP contribution in [0.2, 0.25) is 5.02 Å². The normalized spacial score (nSPS) is 12.4. The fourth-order valence-corrected chi connectivity index (χ4v) is 1.51. The van der Waals surface area contributed by atoms with Crippen LogP contribution in [0.4, 0.5) is 0 Å². The van der Waals surface area contributed by atoms with Gasteiger partial charge in [-0.3, -0.25) is 4.79 Å². The summed E-state index contributed by atoms with van der Waals surface area (Å²) >= 11 is 5.98. The standard InChI is InChI=1S/C11H15ClN2O2/c1-7(15)5-14-6-9-3-2-8(11(13)16)4-10(9)12/h2-4,7,14-15H,5-6H2,1H3,(H2,13,16). The van der Waals surface area contributed by atoms with E-state index < -0.39 is 12.0 Å². The molecule has 5 heteroatoms. The van der Waals surface area contributed by atoms with Crippen molar-refractivity contribution in [3.63, 3.8) is 0 Å². The minimum Gasteiger partial charge on any atom is -0.392 e. The summed E-state index contributed by atoms with van der Waals surface area (Å²) in [5.74, 6) is -0.495. The Labute approximate surface area is 99.4 Å². The lowest BCUT2D eigenvalue weighted by atomic mass is 10.1. The van der Waals surface area contributed by atoms with Gasteiger partial charge in [-0.1, -0.05) is 17.7 Å². The molecule has 1 amide bonds. The van der Waals surface area contributed by atoms with Crippen molar-refractivity contribution < 1.29 is 9.90 Å². The molecule has 1 aromatic rings. The highest BCUT2D eigenvalue weighted by Crippen LogP contribution is 2.17. The Hall–Kier alpha value is -1.10. The van der Waals surface area contributed by atoms with Crippen molar-refractivity contribution in [1.29, 1.82) is 0 Å². The van der Waals surface area contributed by atoms with Crippen molar-refractivity contribution >= 4 is 17.5 Å². The van der Waals surface area contributed by atoms with Gasteiger partial charge in [0.25, 0.3) is 0 Å². The number of carbonyl (C=O) groups excluding carboxylic acids is 1. The second-order valence-corrected chi connectivity index (χ2v) is 4.06. The molecule has 0 aliphatic rings. The van der Waals surface area contributed by atoms with Crippen LogP contribution in [0.3, 0.4) is 0 Å². The van der Waals surface area contributed by atoms with E-state index in [0.29, 0.717) is 23.7 Å². The molecule has 4 N–H and O–H groups in total. The van der Waals surface area contributed by atoms with E-state index in [9.17, 15) is 4.79 Å². The van der Waals surface area contributed by atoms with Gasteiger partial charge in [0.1, 0.15) is 0 Å². The molecule has 88 valence electrons. The average Bonchev–Trinajstić information content (AvgIpc) is 2.19. The molecular formula is C11H15ClN2O2. The van der Waals surface area contributed by atoms with Crippen LogP contribution in [0.25, 0.3) is 0 Å². The van der Waals surface area contributed by atoms with E-state index in [0.717, 1.165) is 5.56 Å². The highest BCUT2D eigenvalue weighted by atomic mass is 35.5. The van der Waals surface area contributed by atoms with Crippen LogP contribution >= 0.6 is 11.6 Å². The molecule has 0 saturated carbocycles. The zero-order valence-corrected chi connectivity index (χ0v) is 9.79. The summed E-state index contributed by atoms with van der Waals surface area (Å²) in [7, 11) is 0. The molecule has 0 aliphatic carbocycles. The molecule has 0 fully saturated rings. The lowest BCUT2D eigenvalue weighted by Gasteiger charge is -2.09. The minimum atomic E-state index is -0.495. The molecule has 0 aromatic heterocycles. The fourth-order valence-electron chi connectivity index (χ4n) is 1.26. The number of hydrogen-bond acceptors (Lipinski definition) is 3. The molecule has 0 heterocycles. The monoisotopic (exact) mass is 242 g/mol. The second-order valence-electron chi connectivity index (χ2n) is 3.65. The number of nitrogens with two attached hydrogens (primary N) is 1. The summed E-state index contributed by atoms with van der Waals surface area (Å²) in [5.41, 5.74) is 6.39. The van der Waals surface area contributed by atoms with E-state index in [1.165, 1.54) is 0 Å². The summed E-state index contributed by atoms with van der Waals surface area (Å²) in [6.07, 6.45) is -0.399. The molecule has 0 spiro atoms. The van der Waals surface area contributed by atoms with Crippen molar-refractivity contribution in [3.8, 4) is 0 Å². The maximum Gasteiger partial charge on any atom is 0.248 e. The lowest BCUT2D eigenvalue weighted by Crippen LogP contribution is -2.24. The first-order valence-corrected chi connectivity index (χ1v) is 5.35. The van der Waals surface area contributed by atoms with Crippen LogP contribution in [-0.4, -0.2) is 23.7 Å². The van der Waals surface area contributed by atoms with Crippen LogP contribution in [0, 0.1) is 0 Å². The average molecular weight is 243 g/mol. The third kappa shape index (κ3) is 3.81. The van der Waals surface area contributed by atoms with E-state index in [-0.39, 0.29) is 0 Å². The number of hydrogen-bond donors (Lipinski definition) is 3. The molecule has 16 heavy (non-hydrogen) atoms. The molecule has 0 saturated heterocycles. The van der Waals surface area contributed by atoms with E-state index in [2.05, 4.69) is 5.32 Å². The molecule has 0 radical (unpaired) electrons. The van der Waals surface area contributed by atoms with Gasteiger partial charge in [-0.25, -0.2) is 0 Å². The van der Waals surface area contributed by atoms with Gasteiger partial charge < -0.3 is 16.2 Å². The van der Waals surface area contributed by atoms with E-state index in [4.69, 9.17) is 22.4 Å². The summed E-state index contributed by atoms with van der Waals surface area (Å²) in [6.45, 7) is 2.74. The predicted molar refractivity (Wildman–Crippen MR) is 63.4 cm³/mol. The van der Waals surface area contributed by atoms with E-state index in [1.54, 1.807) is 25.1 Å². The quantitative estimate of drug-likeness (QED) is 0.719. The maximum absolute atomic E-state index is 10.9. The van der Waals surface area contributed by atoms with Crippen LogP contribution in [0.15, 0.2) is 18.2 Å². The Morgan fingerprint density at radius 2 is 2.31 bits per heavy atom. The highest BCUT2D eigenvalue weighted by Gasteiger charge is 2.05. The molecule has 1 aromatic carbocycles. The number of carbonyl (C=O) groups is 1. The fraction of sp³-hybridized carbons (Fsp3) is 0.364. The summed E-state index contributed by atoms with van der Waals surface area (Å²) in [4.78, 5) is 10.9. The van der Waals surface area contributed by atoms with Gasteiger partial charge in [-0.05, 0) is 24.6 Å². The Morgan fingerprint density at radius 1 is 1.62 bits per heavy atom. The number of halogens is 1. The van der Waals surface area contributed by atoms with Gasteiger partial charge in [0.15, 0.2) is 0 Å². The molecule has 1 unspecified atom stereocenters. The molecule has 4 nitrogen and oxygen atoms in total. The largest absolute Gasteiger partial charge is 0.392 e. The number of aliphatic hydroxyl groups is 1. The van der Waals surface area contributed by atoms with Gasteiger partial charge in [-0.2, -0.15) is 0 Å². The van der Waals surface area contributed by atoms with Gasteiger partial charge in [0.05, 0.1) is 6.10 Å². The first-order valence-electron chi connectivity index (χ1n) is 4.97. The Balaban J connectivity index is 2.64. The van der Waals surface area contributed by atoms with Gasteiger partial charge in [0.2, 0.25) is 5.91 Å². The second kappa shape index (κ2) is 5.84. The van der Waals surface area contributed by atoms with Crippen LogP contribution in [0.5, 0.6) is 0 Å². The first-order chi connectivity index (χ1) is 7.50. The van der Waals surface area contributed by atoms with Crippen molar-refractivity contribution in [3.05, 3.63) is 34.3 Å². The maximum atomic E-state index is 10.9. The van der Waals surface area contributed by atoms with Gasteiger partial charge in [-0.15, -0.1) is 0 Å². The Bertz CT molecular complexity index is 380. The lowest BCUT2D eigenvalue weighted by molar-refractivity contribution is 0.100. The van der Waals surface area contributed by atoms with Crippen molar-refractivity contribution in [2.24, 2.45) is 5.73 Å². The van der Waals surface area contributed by atoms with E-state index in [1.807, 2.05) is 0 Å². The number of nitrogens with one attached hydrogen (secondary N) is 1. The third-order valence-electron chi connectivity index (χ3n) is 2.09. The number of aliphatic hydroxyl groups excluding tert-OH is 1. The van der Waals surface area contributed by atoms with Gasteiger partial charge >= 0.3 is 0 Å². The number of amides is 1. The molecule has 0 bridgehead atoms. The zero-order valence-electron chi connectivity index (χ0n) is 9.03. The summed E-state index contributed by atoms with van der Waals surface area (Å²) in [6, 6.07) is 4.92. The Morgan fingerprint density at radius 3 is 2.81 bits per heavy atom. The summed E-state index contributed by atoms with van der Waals surface area (Å²) < 4.78 is 0. The molecular weight excluding hydrogens is 228 g/mol. The smallest absolute Gasteiger partial charge is 0.248 e. The summed E-state index contributed by atoms with van der Waals surface area (Å²) in [5, 5.41) is 12.6. The van der Waals surface area contributed by atoms with E-state index >= 15 is 0 Å². The molecule has 1 atom stereocenters. The van der Waals surface area contributed by atoms with Crippen molar-refractivity contribution in [2.45, 2.75) is 19.6 Å². The number of benzene rings is 1. The van der Waals surface area contributed by atoms with Crippen LogP contribution < -0.4 is 11.1 Å². The topological polar surface area (TPSA) is 75.3 Å². The molecule has 1 rings (SSSR count). The van der Waals surface area contributed by atoms with Crippen LogP contribution in [0.1, 0.15) is 22.8 Å². The van der Waals surface area contributed by atoms with Crippen molar-refractivity contribution in [1.82, 2.24) is 5.32 Å². The van der Waals surface area contributed by atoms with Crippen LogP contribution in [-0.2, 0) is 6.54 Å². The highest BCUT2D eigenvalue weighted by molar-refractivity contribution is 6.31. The Kier molecular flexibility index (Phi) is 4.73. The first kappa shape index (κ1) is 13.0. The minimum absolute atomic E-state index is 0.393. The van der Waals surface area contributed by atoms with Gasteiger partial charge in [0, 0.05) is 23.7 Å². The number of primary amides is 1. The van der Waals surface area contributed by atoms with Crippen molar-refractivity contribution in [2.75, 3.05) is 6.54 Å². The number of rotatable bonds is 5. The predicted octanol–water partition coefficient (Wildman–Crippen LogP) is 0.909. The zero-order chi connectivity index (χ0) is 12.1.